The zero-order chi connectivity index (χ0) is 27.5. The topological polar surface area (TPSA) is 88.2 Å². The van der Waals surface area contributed by atoms with Crippen LogP contribution in [0.1, 0.15) is 18.1 Å². The maximum absolute atomic E-state index is 13.1. The number of nitriles is 1. The molecule has 4 aromatic rings. The van der Waals surface area contributed by atoms with Gasteiger partial charge in [-0.2, -0.15) is 10.4 Å². The number of benzene rings is 3. The Morgan fingerprint density at radius 2 is 1.74 bits per heavy atom. The first-order valence-electron chi connectivity index (χ1n) is 12.1. The van der Waals surface area contributed by atoms with E-state index >= 15 is 0 Å². The summed E-state index contributed by atoms with van der Waals surface area (Å²) in [6.07, 6.45) is 3.50. The highest BCUT2D eigenvalue weighted by molar-refractivity contribution is 6.30. The molecule has 0 unspecified atom stereocenters. The van der Waals surface area contributed by atoms with Gasteiger partial charge in [0.2, 0.25) is 0 Å². The Labute approximate surface area is 230 Å². The number of aromatic nitrogens is 2. The van der Waals surface area contributed by atoms with E-state index in [4.69, 9.17) is 21.4 Å². The number of imide groups is 1. The van der Waals surface area contributed by atoms with Gasteiger partial charge in [-0.3, -0.25) is 14.5 Å². The molecule has 0 radical (unpaired) electrons. The largest absolute Gasteiger partial charge is 0.489 e. The van der Waals surface area contributed by atoms with Crippen molar-refractivity contribution in [3.05, 3.63) is 118 Å². The number of para-hydroxylation sites is 1. The second-order valence-electron chi connectivity index (χ2n) is 9.00. The number of hydrogen-bond acceptors (Lipinski definition) is 5. The summed E-state index contributed by atoms with van der Waals surface area (Å²) in [6.45, 7) is 1.98. The van der Waals surface area contributed by atoms with Crippen molar-refractivity contribution in [2.24, 2.45) is 0 Å². The number of rotatable bonds is 6. The van der Waals surface area contributed by atoms with Crippen LogP contribution in [0.25, 0.3) is 23.0 Å². The molecule has 2 heterocycles. The van der Waals surface area contributed by atoms with Gasteiger partial charge in [0.25, 0.3) is 11.8 Å². The molecule has 0 atom stereocenters. The van der Waals surface area contributed by atoms with Crippen molar-refractivity contribution >= 4 is 29.5 Å². The van der Waals surface area contributed by atoms with E-state index < -0.39 is 11.8 Å². The van der Waals surface area contributed by atoms with Crippen molar-refractivity contribution in [1.82, 2.24) is 14.7 Å². The standard InChI is InChI=1S/C31H23ClN4O3/c1-20-27(30(37)35(2)31(38)28(20)17-33)16-23-18-36(25-8-4-3-5-9-25)34-29(23)22-7-6-10-26(15-22)39-19-21-11-13-24(32)14-12-21/h3-16,18H,19H2,1-2H3/b27-16+. The molecule has 0 bridgehead atoms. The van der Waals surface area contributed by atoms with E-state index in [9.17, 15) is 14.9 Å². The summed E-state index contributed by atoms with van der Waals surface area (Å²) in [6, 6.07) is 26.5. The first-order valence-corrected chi connectivity index (χ1v) is 12.5. The Morgan fingerprint density at radius 3 is 2.46 bits per heavy atom. The third-order valence-corrected chi connectivity index (χ3v) is 6.69. The number of likely N-dealkylation sites (N-methyl/N-ethyl adjacent to an activating group) is 1. The van der Waals surface area contributed by atoms with Crippen molar-refractivity contribution in [1.29, 1.82) is 5.26 Å². The van der Waals surface area contributed by atoms with Crippen LogP contribution in [0.3, 0.4) is 0 Å². The smallest absolute Gasteiger partial charge is 0.271 e. The fourth-order valence-corrected chi connectivity index (χ4v) is 4.39. The summed E-state index contributed by atoms with van der Waals surface area (Å²) in [7, 11) is 1.37. The molecule has 2 amide bonds. The maximum atomic E-state index is 13.1. The summed E-state index contributed by atoms with van der Waals surface area (Å²) >= 11 is 5.98. The van der Waals surface area contributed by atoms with E-state index in [1.807, 2.05) is 91.1 Å². The van der Waals surface area contributed by atoms with Gasteiger partial charge in [-0.25, -0.2) is 4.68 Å². The van der Waals surface area contributed by atoms with Crippen LogP contribution >= 0.6 is 11.6 Å². The molecule has 1 aliphatic heterocycles. The molecule has 8 heteroatoms. The fraction of sp³-hybridized carbons (Fsp3) is 0.0968. The molecule has 39 heavy (non-hydrogen) atoms. The number of nitrogens with zero attached hydrogens (tertiary/aromatic N) is 4. The monoisotopic (exact) mass is 534 g/mol. The van der Waals surface area contributed by atoms with Crippen LogP contribution in [0.4, 0.5) is 0 Å². The average Bonchev–Trinajstić information content (AvgIpc) is 3.39. The number of carbonyl (C=O) groups is 2. The van der Waals surface area contributed by atoms with Crippen LogP contribution in [0.15, 0.2) is 102 Å². The Kier molecular flexibility index (Phi) is 7.13. The molecule has 0 fully saturated rings. The molecule has 192 valence electrons. The molecule has 1 aliphatic rings. The summed E-state index contributed by atoms with van der Waals surface area (Å²) < 4.78 is 7.76. The Morgan fingerprint density at radius 1 is 1.00 bits per heavy atom. The molecule has 0 saturated carbocycles. The fourth-order valence-electron chi connectivity index (χ4n) is 4.26. The van der Waals surface area contributed by atoms with E-state index in [0.717, 1.165) is 21.7 Å². The van der Waals surface area contributed by atoms with Crippen molar-refractivity contribution < 1.29 is 14.3 Å². The number of carbonyl (C=O) groups excluding carboxylic acids is 2. The summed E-state index contributed by atoms with van der Waals surface area (Å²) in [4.78, 5) is 26.5. The predicted octanol–water partition coefficient (Wildman–Crippen LogP) is 5.99. The average molecular weight is 535 g/mol. The highest BCUT2D eigenvalue weighted by Crippen LogP contribution is 2.32. The van der Waals surface area contributed by atoms with Gasteiger partial charge < -0.3 is 4.74 Å². The number of hydrogen-bond donors (Lipinski definition) is 0. The van der Waals surface area contributed by atoms with Gasteiger partial charge >= 0.3 is 0 Å². The van der Waals surface area contributed by atoms with Crippen molar-refractivity contribution in [2.45, 2.75) is 13.5 Å². The van der Waals surface area contributed by atoms with Gasteiger partial charge in [-0.15, -0.1) is 0 Å². The molecule has 5 rings (SSSR count). The molecule has 0 N–H and O–H groups in total. The second kappa shape index (κ2) is 10.8. The number of halogens is 1. The Bertz CT molecular complexity index is 1680. The van der Waals surface area contributed by atoms with E-state index in [2.05, 4.69) is 0 Å². The Balaban J connectivity index is 1.58. The lowest BCUT2D eigenvalue weighted by atomic mass is 9.93. The van der Waals surface area contributed by atoms with E-state index in [1.54, 1.807) is 17.7 Å². The van der Waals surface area contributed by atoms with Gasteiger partial charge in [0.15, 0.2) is 0 Å². The van der Waals surface area contributed by atoms with Crippen molar-refractivity contribution in [3.63, 3.8) is 0 Å². The summed E-state index contributed by atoms with van der Waals surface area (Å²) in [5.74, 6) is -0.435. The van der Waals surface area contributed by atoms with Crippen LogP contribution in [0, 0.1) is 11.3 Å². The van der Waals surface area contributed by atoms with Crippen LogP contribution in [-0.4, -0.2) is 33.5 Å². The van der Waals surface area contributed by atoms with Gasteiger partial charge in [-0.1, -0.05) is 54.1 Å². The van der Waals surface area contributed by atoms with E-state index in [-0.39, 0.29) is 11.1 Å². The second-order valence-corrected chi connectivity index (χ2v) is 9.43. The zero-order valence-electron chi connectivity index (χ0n) is 21.3. The summed E-state index contributed by atoms with van der Waals surface area (Å²) in [5.41, 5.74) is 4.40. The van der Waals surface area contributed by atoms with Crippen molar-refractivity contribution in [3.8, 4) is 28.8 Å². The zero-order valence-corrected chi connectivity index (χ0v) is 22.0. The lowest BCUT2D eigenvalue weighted by Gasteiger charge is -2.23. The summed E-state index contributed by atoms with van der Waals surface area (Å²) in [5, 5.41) is 15.1. The van der Waals surface area contributed by atoms with E-state index in [0.29, 0.717) is 34.2 Å². The number of ether oxygens (including phenoxy) is 1. The third-order valence-electron chi connectivity index (χ3n) is 6.43. The molecule has 7 nitrogen and oxygen atoms in total. The molecular formula is C31H23ClN4O3. The molecule has 3 aromatic carbocycles. The first-order chi connectivity index (χ1) is 18.9. The van der Waals surface area contributed by atoms with Crippen LogP contribution in [-0.2, 0) is 16.2 Å². The lowest BCUT2D eigenvalue weighted by molar-refractivity contribution is -0.138. The van der Waals surface area contributed by atoms with Gasteiger partial charge in [0, 0.05) is 35.0 Å². The quantitative estimate of drug-likeness (QED) is 0.224. The van der Waals surface area contributed by atoms with Crippen LogP contribution in [0.5, 0.6) is 5.75 Å². The van der Waals surface area contributed by atoms with Crippen LogP contribution < -0.4 is 4.74 Å². The first kappa shape index (κ1) is 25.7. The predicted molar refractivity (Wildman–Crippen MR) is 149 cm³/mol. The molecule has 0 spiro atoms. The third kappa shape index (κ3) is 5.24. The van der Waals surface area contributed by atoms with E-state index in [1.165, 1.54) is 7.05 Å². The van der Waals surface area contributed by atoms with Gasteiger partial charge in [0.05, 0.1) is 5.69 Å². The Hall–Kier alpha value is -4.93. The molecule has 0 saturated heterocycles. The minimum absolute atomic E-state index is 0.0575. The SMILES string of the molecule is CC1=C(C#N)C(=O)N(C)C(=O)/C1=C/c1cn(-c2ccccc2)nc1-c1cccc(OCc2ccc(Cl)cc2)c1. The minimum Gasteiger partial charge on any atom is -0.489 e. The minimum atomic E-state index is -0.608. The van der Waals surface area contributed by atoms with Gasteiger partial charge in [0.1, 0.15) is 29.7 Å². The number of amides is 2. The highest BCUT2D eigenvalue weighted by Gasteiger charge is 2.33. The van der Waals surface area contributed by atoms with Gasteiger partial charge in [-0.05, 0) is 60.5 Å². The lowest BCUT2D eigenvalue weighted by Crippen LogP contribution is -2.39. The normalized spacial score (nSPS) is 14.6. The highest BCUT2D eigenvalue weighted by atomic mass is 35.5. The molecule has 0 aliphatic carbocycles. The molecule has 1 aromatic heterocycles. The molecular weight excluding hydrogens is 512 g/mol. The maximum Gasteiger partial charge on any atom is 0.271 e. The van der Waals surface area contributed by atoms with Crippen LogP contribution in [0.2, 0.25) is 5.02 Å². The van der Waals surface area contributed by atoms with Crippen molar-refractivity contribution in [2.75, 3.05) is 7.05 Å².